The lowest BCUT2D eigenvalue weighted by Gasteiger charge is -2.34. The molecule has 1 aliphatic heterocycles. The number of amides is 1. The van der Waals surface area contributed by atoms with E-state index in [0.29, 0.717) is 17.8 Å². The van der Waals surface area contributed by atoms with Gasteiger partial charge in [0.15, 0.2) is 0 Å². The summed E-state index contributed by atoms with van der Waals surface area (Å²) < 4.78 is 6.28. The number of thiophene rings is 1. The van der Waals surface area contributed by atoms with E-state index < -0.39 is 0 Å². The third-order valence-corrected chi connectivity index (χ3v) is 5.71. The molecule has 5 heteroatoms. The predicted octanol–water partition coefficient (Wildman–Crippen LogP) is 3.16. The van der Waals surface area contributed by atoms with Gasteiger partial charge in [0, 0.05) is 29.9 Å². The van der Waals surface area contributed by atoms with Gasteiger partial charge in [0.05, 0.1) is 17.8 Å². The van der Waals surface area contributed by atoms with Crippen LogP contribution in [-0.4, -0.2) is 36.1 Å². The van der Waals surface area contributed by atoms with Crippen molar-refractivity contribution in [2.45, 2.75) is 63.7 Å². The molecule has 0 radical (unpaired) electrons. The largest absolute Gasteiger partial charge is 0.375 e. The van der Waals surface area contributed by atoms with Gasteiger partial charge in [-0.3, -0.25) is 9.69 Å². The maximum absolute atomic E-state index is 11.1. The van der Waals surface area contributed by atoms with E-state index in [1.165, 1.54) is 37.0 Å². The summed E-state index contributed by atoms with van der Waals surface area (Å²) in [7, 11) is 0. The molecule has 22 heavy (non-hydrogen) atoms. The molecule has 0 bridgehead atoms. The summed E-state index contributed by atoms with van der Waals surface area (Å²) in [5, 5.41) is 1.86. The molecule has 0 spiro atoms. The maximum Gasteiger partial charge on any atom is 0.249 e. The molecule has 2 aliphatic rings. The zero-order valence-electron chi connectivity index (χ0n) is 13.1. The Bertz CT molecular complexity index is 489. The summed E-state index contributed by atoms with van der Waals surface area (Å²) in [6.45, 7) is 3.09. The smallest absolute Gasteiger partial charge is 0.249 e. The highest BCUT2D eigenvalue weighted by Gasteiger charge is 2.24. The van der Waals surface area contributed by atoms with Crippen molar-refractivity contribution in [2.24, 2.45) is 5.73 Å². The Morgan fingerprint density at radius 1 is 1.18 bits per heavy atom. The molecule has 122 valence electrons. The van der Waals surface area contributed by atoms with Crippen LogP contribution in [0.4, 0.5) is 0 Å². The Balaban J connectivity index is 1.42. The molecule has 1 aliphatic carbocycles. The average Bonchev–Trinajstić information content (AvgIpc) is 2.99. The minimum Gasteiger partial charge on any atom is -0.375 e. The van der Waals surface area contributed by atoms with Crippen LogP contribution in [0.1, 0.15) is 60.2 Å². The standard InChI is InChI=1S/C17H26N2O2S/c18-17(20)13-10-16(22-12-13)11-19-8-6-15(7-9-19)21-14-4-2-1-3-5-14/h10,12,14-15H,1-9,11H2,(H2,18,20). The monoisotopic (exact) mass is 322 g/mol. The van der Waals surface area contributed by atoms with Crippen LogP contribution in [0, 0.1) is 0 Å². The van der Waals surface area contributed by atoms with Crippen molar-refractivity contribution in [1.82, 2.24) is 4.90 Å². The number of rotatable bonds is 5. The molecule has 1 aromatic heterocycles. The second-order valence-electron chi connectivity index (χ2n) is 6.54. The minimum atomic E-state index is -0.331. The van der Waals surface area contributed by atoms with Gasteiger partial charge in [-0.05, 0) is 31.7 Å². The Morgan fingerprint density at radius 3 is 2.50 bits per heavy atom. The molecule has 1 saturated carbocycles. The first kappa shape index (κ1) is 16.0. The molecule has 3 rings (SSSR count). The minimum absolute atomic E-state index is 0.331. The van der Waals surface area contributed by atoms with Crippen molar-refractivity contribution in [3.8, 4) is 0 Å². The van der Waals surface area contributed by atoms with Crippen LogP contribution in [0.2, 0.25) is 0 Å². The van der Waals surface area contributed by atoms with E-state index in [0.717, 1.165) is 32.5 Å². The number of primary amides is 1. The number of piperidine rings is 1. The van der Waals surface area contributed by atoms with Gasteiger partial charge in [0.1, 0.15) is 0 Å². The first-order valence-corrected chi connectivity index (χ1v) is 9.33. The number of carbonyl (C=O) groups excluding carboxylic acids is 1. The van der Waals surface area contributed by atoms with Crippen LogP contribution in [0.15, 0.2) is 11.4 Å². The van der Waals surface area contributed by atoms with Crippen molar-refractivity contribution in [2.75, 3.05) is 13.1 Å². The molecule has 1 amide bonds. The third-order valence-electron chi connectivity index (χ3n) is 4.79. The first-order valence-electron chi connectivity index (χ1n) is 8.46. The molecule has 2 N–H and O–H groups in total. The van der Waals surface area contributed by atoms with E-state index in [4.69, 9.17) is 10.5 Å². The number of hydrogen-bond donors (Lipinski definition) is 1. The normalized spacial score (nSPS) is 22.0. The molecule has 0 atom stereocenters. The van der Waals surface area contributed by atoms with Gasteiger partial charge in [0.2, 0.25) is 5.91 Å². The van der Waals surface area contributed by atoms with E-state index in [1.807, 2.05) is 11.4 Å². The van der Waals surface area contributed by atoms with Gasteiger partial charge in [-0.2, -0.15) is 0 Å². The fraction of sp³-hybridized carbons (Fsp3) is 0.706. The molecular formula is C17H26N2O2S. The molecular weight excluding hydrogens is 296 g/mol. The second kappa shape index (κ2) is 7.57. The number of carbonyl (C=O) groups is 1. The van der Waals surface area contributed by atoms with Gasteiger partial charge in [-0.1, -0.05) is 19.3 Å². The molecule has 0 aromatic carbocycles. The van der Waals surface area contributed by atoms with E-state index >= 15 is 0 Å². The SMILES string of the molecule is NC(=O)c1csc(CN2CCC(OC3CCCCC3)CC2)c1. The zero-order chi connectivity index (χ0) is 15.4. The van der Waals surface area contributed by atoms with Gasteiger partial charge in [-0.25, -0.2) is 0 Å². The summed E-state index contributed by atoms with van der Waals surface area (Å²) >= 11 is 1.63. The van der Waals surface area contributed by atoms with Crippen molar-refractivity contribution < 1.29 is 9.53 Å². The molecule has 1 aromatic rings. The second-order valence-corrected chi connectivity index (χ2v) is 7.53. The van der Waals surface area contributed by atoms with Crippen LogP contribution in [0.25, 0.3) is 0 Å². The van der Waals surface area contributed by atoms with E-state index in [2.05, 4.69) is 4.90 Å². The fourth-order valence-electron chi connectivity index (χ4n) is 3.49. The van der Waals surface area contributed by atoms with Crippen LogP contribution in [-0.2, 0) is 11.3 Å². The molecule has 2 heterocycles. The fourth-order valence-corrected chi connectivity index (χ4v) is 4.40. The maximum atomic E-state index is 11.1. The molecule has 4 nitrogen and oxygen atoms in total. The highest BCUT2D eigenvalue weighted by molar-refractivity contribution is 7.10. The van der Waals surface area contributed by atoms with Crippen molar-refractivity contribution in [1.29, 1.82) is 0 Å². The number of ether oxygens (including phenoxy) is 1. The van der Waals surface area contributed by atoms with Crippen molar-refractivity contribution >= 4 is 17.2 Å². The zero-order valence-corrected chi connectivity index (χ0v) is 13.9. The van der Waals surface area contributed by atoms with Crippen LogP contribution in [0.3, 0.4) is 0 Å². The summed E-state index contributed by atoms with van der Waals surface area (Å²) in [5.41, 5.74) is 5.94. The highest BCUT2D eigenvalue weighted by atomic mass is 32.1. The highest BCUT2D eigenvalue weighted by Crippen LogP contribution is 2.25. The topological polar surface area (TPSA) is 55.6 Å². The summed E-state index contributed by atoms with van der Waals surface area (Å²) in [6, 6.07) is 1.93. The van der Waals surface area contributed by atoms with Gasteiger partial charge in [0.25, 0.3) is 0 Å². The van der Waals surface area contributed by atoms with Gasteiger partial charge < -0.3 is 10.5 Å². The lowest BCUT2D eigenvalue weighted by Crippen LogP contribution is -2.38. The van der Waals surface area contributed by atoms with Crippen LogP contribution in [0.5, 0.6) is 0 Å². The lowest BCUT2D eigenvalue weighted by molar-refractivity contribution is -0.0564. The Labute approximate surface area is 136 Å². The van der Waals surface area contributed by atoms with E-state index in [-0.39, 0.29) is 5.91 Å². The van der Waals surface area contributed by atoms with E-state index in [9.17, 15) is 4.79 Å². The Morgan fingerprint density at radius 2 is 1.86 bits per heavy atom. The lowest BCUT2D eigenvalue weighted by atomic mass is 9.97. The summed E-state index contributed by atoms with van der Waals surface area (Å²) in [5.74, 6) is -0.331. The number of hydrogen-bond acceptors (Lipinski definition) is 4. The number of nitrogens with two attached hydrogens (primary N) is 1. The Hall–Kier alpha value is -0.910. The number of nitrogens with zero attached hydrogens (tertiary/aromatic N) is 1. The Kier molecular flexibility index (Phi) is 5.50. The predicted molar refractivity (Wildman–Crippen MR) is 89.1 cm³/mol. The molecule has 1 saturated heterocycles. The molecule has 2 fully saturated rings. The van der Waals surface area contributed by atoms with E-state index in [1.54, 1.807) is 11.3 Å². The van der Waals surface area contributed by atoms with Crippen molar-refractivity contribution in [3.63, 3.8) is 0 Å². The quantitative estimate of drug-likeness (QED) is 0.906. The third kappa shape index (κ3) is 4.31. The average molecular weight is 322 g/mol. The van der Waals surface area contributed by atoms with Gasteiger partial charge >= 0.3 is 0 Å². The van der Waals surface area contributed by atoms with Gasteiger partial charge in [-0.15, -0.1) is 11.3 Å². The number of likely N-dealkylation sites (tertiary alicyclic amines) is 1. The first-order chi connectivity index (χ1) is 10.7. The summed E-state index contributed by atoms with van der Waals surface area (Å²) in [4.78, 5) is 14.8. The van der Waals surface area contributed by atoms with Crippen molar-refractivity contribution in [3.05, 3.63) is 21.9 Å². The van der Waals surface area contributed by atoms with Crippen LogP contribution < -0.4 is 5.73 Å². The summed E-state index contributed by atoms with van der Waals surface area (Å²) in [6.07, 6.45) is 9.79. The molecule has 0 unspecified atom stereocenters. The van der Waals surface area contributed by atoms with Crippen LogP contribution >= 0.6 is 11.3 Å².